The van der Waals surface area contributed by atoms with Crippen molar-refractivity contribution in [2.24, 2.45) is 5.73 Å². The monoisotopic (exact) mass is 264 g/mol. The molecule has 0 bridgehead atoms. The minimum Gasteiger partial charge on any atom is -0.496 e. The summed E-state index contributed by atoms with van der Waals surface area (Å²) in [6.45, 7) is 12.6. The third-order valence-electron chi connectivity index (χ3n) is 3.72. The smallest absolute Gasteiger partial charge is 0.122 e. The van der Waals surface area contributed by atoms with E-state index in [9.17, 15) is 0 Å². The lowest BCUT2D eigenvalue weighted by atomic mass is 9.80. The van der Waals surface area contributed by atoms with E-state index in [2.05, 4.69) is 45.1 Å². The lowest BCUT2D eigenvalue weighted by Crippen LogP contribution is -2.39. The van der Waals surface area contributed by atoms with E-state index in [0.29, 0.717) is 0 Å². The van der Waals surface area contributed by atoms with E-state index in [0.717, 1.165) is 18.8 Å². The van der Waals surface area contributed by atoms with Crippen molar-refractivity contribution >= 4 is 0 Å². The second-order valence-electron chi connectivity index (χ2n) is 6.06. The maximum atomic E-state index is 5.77. The number of ether oxygens (including phenoxy) is 1. The predicted octanol–water partition coefficient (Wildman–Crippen LogP) is 2.53. The molecule has 1 unspecified atom stereocenters. The number of nitrogens with two attached hydrogens (primary N) is 1. The van der Waals surface area contributed by atoms with Crippen LogP contribution in [0.3, 0.4) is 0 Å². The van der Waals surface area contributed by atoms with Gasteiger partial charge in [0.05, 0.1) is 7.11 Å². The standard InChI is InChI=1S/C16H28N2O/c1-11(17)9-18-10-16(4,5)14-7-8-15(19-6)13(3)12(14)2/h7-8,11,18H,9-10,17H2,1-6H3. The Balaban J connectivity index is 2.92. The molecule has 0 aliphatic rings. The topological polar surface area (TPSA) is 47.3 Å². The van der Waals surface area contributed by atoms with Crippen molar-refractivity contribution in [1.82, 2.24) is 5.32 Å². The third-order valence-corrected chi connectivity index (χ3v) is 3.72. The molecule has 0 aliphatic carbocycles. The van der Waals surface area contributed by atoms with Gasteiger partial charge >= 0.3 is 0 Å². The Morgan fingerprint density at radius 1 is 1.26 bits per heavy atom. The number of methoxy groups -OCH3 is 1. The van der Waals surface area contributed by atoms with Gasteiger partial charge in [-0.3, -0.25) is 0 Å². The molecule has 3 nitrogen and oxygen atoms in total. The Morgan fingerprint density at radius 3 is 2.42 bits per heavy atom. The van der Waals surface area contributed by atoms with Crippen LogP contribution in [-0.4, -0.2) is 26.2 Å². The number of rotatable bonds is 6. The zero-order valence-corrected chi connectivity index (χ0v) is 13.1. The Morgan fingerprint density at radius 2 is 1.89 bits per heavy atom. The van der Waals surface area contributed by atoms with Crippen LogP contribution in [0, 0.1) is 13.8 Å². The molecule has 0 radical (unpaired) electrons. The highest BCUT2D eigenvalue weighted by Crippen LogP contribution is 2.31. The lowest BCUT2D eigenvalue weighted by molar-refractivity contribution is 0.409. The summed E-state index contributed by atoms with van der Waals surface area (Å²) in [4.78, 5) is 0. The molecular formula is C16H28N2O. The maximum absolute atomic E-state index is 5.77. The van der Waals surface area contributed by atoms with Gasteiger partial charge in [0.15, 0.2) is 0 Å². The minimum atomic E-state index is 0.0794. The van der Waals surface area contributed by atoms with Gasteiger partial charge in [0.25, 0.3) is 0 Å². The summed E-state index contributed by atoms with van der Waals surface area (Å²) in [5.74, 6) is 0.959. The van der Waals surface area contributed by atoms with Gasteiger partial charge in [-0.15, -0.1) is 0 Å². The molecule has 1 aromatic rings. The molecule has 0 heterocycles. The zero-order chi connectivity index (χ0) is 14.6. The zero-order valence-electron chi connectivity index (χ0n) is 13.1. The second-order valence-corrected chi connectivity index (χ2v) is 6.06. The Hall–Kier alpha value is -1.06. The SMILES string of the molecule is COc1ccc(C(C)(C)CNCC(C)N)c(C)c1C. The Kier molecular flexibility index (Phi) is 5.39. The van der Waals surface area contributed by atoms with Crippen LogP contribution < -0.4 is 15.8 Å². The lowest BCUT2D eigenvalue weighted by Gasteiger charge is -2.29. The van der Waals surface area contributed by atoms with E-state index in [4.69, 9.17) is 10.5 Å². The van der Waals surface area contributed by atoms with Crippen molar-refractivity contribution in [3.05, 3.63) is 28.8 Å². The van der Waals surface area contributed by atoms with Gasteiger partial charge in [0.1, 0.15) is 5.75 Å². The summed E-state index contributed by atoms with van der Waals surface area (Å²) in [5.41, 5.74) is 9.75. The molecule has 1 rings (SSSR count). The molecule has 0 saturated heterocycles. The van der Waals surface area contributed by atoms with Crippen LogP contribution in [0.2, 0.25) is 0 Å². The highest BCUT2D eigenvalue weighted by atomic mass is 16.5. The fraction of sp³-hybridized carbons (Fsp3) is 0.625. The van der Waals surface area contributed by atoms with E-state index in [1.165, 1.54) is 16.7 Å². The van der Waals surface area contributed by atoms with Crippen molar-refractivity contribution in [3.63, 3.8) is 0 Å². The van der Waals surface area contributed by atoms with Crippen LogP contribution in [0.25, 0.3) is 0 Å². The third kappa shape index (κ3) is 3.95. The van der Waals surface area contributed by atoms with Crippen LogP contribution in [0.15, 0.2) is 12.1 Å². The summed E-state index contributed by atoms with van der Waals surface area (Å²) in [5, 5.41) is 3.44. The molecule has 3 N–H and O–H groups in total. The van der Waals surface area contributed by atoms with Crippen molar-refractivity contribution in [2.75, 3.05) is 20.2 Å². The molecule has 0 fully saturated rings. The number of benzene rings is 1. The average molecular weight is 264 g/mol. The first kappa shape index (κ1) is 16.0. The van der Waals surface area contributed by atoms with Crippen molar-refractivity contribution in [3.8, 4) is 5.75 Å². The van der Waals surface area contributed by atoms with Gasteiger partial charge in [-0.2, -0.15) is 0 Å². The van der Waals surface area contributed by atoms with E-state index >= 15 is 0 Å². The molecular weight excluding hydrogens is 236 g/mol. The molecule has 0 aromatic heterocycles. The Labute approximate surface area is 117 Å². The molecule has 0 spiro atoms. The van der Waals surface area contributed by atoms with E-state index in [1.54, 1.807) is 7.11 Å². The molecule has 3 heteroatoms. The summed E-state index contributed by atoms with van der Waals surface area (Å²) in [6.07, 6.45) is 0. The quantitative estimate of drug-likeness (QED) is 0.830. The van der Waals surface area contributed by atoms with E-state index in [-0.39, 0.29) is 11.5 Å². The molecule has 108 valence electrons. The first-order chi connectivity index (χ1) is 8.79. The van der Waals surface area contributed by atoms with Gasteiger partial charge in [-0.05, 0) is 43.5 Å². The predicted molar refractivity (Wildman–Crippen MR) is 82.0 cm³/mol. The van der Waals surface area contributed by atoms with Gasteiger partial charge in [0.2, 0.25) is 0 Å². The van der Waals surface area contributed by atoms with Gasteiger partial charge in [-0.1, -0.05) is 19.9 Å². The highest BCUT2D eigenvalue weighted by molar-refractivity contribution is 5.46. The van der Waals surface area contributed by atoms with Crippen LogP contribution in [0.1, 0.15) is 37.5 Å². The summed E-state index contributed by atoms with van der Waals surface area (Å²) < 4.78 is 5.37. The normalized spacial score (nSPS) is 13.4. The number of hydrogen-bond donors (Lipinski definition) is 2. The van der Waals surface area contributed by atoms with Crippen LogP contribution >= 0.6 is 0 Å². The first-order valence-electron chi connectivity index (χ1n) is 6.90. The fourth-order valence-corrected chi connectivity index (χ4v) is 2.46. The van der Waals surface area contributed by atoms with Crippen molar-refractivity contribution < 1.29 is 4.74 Å². The second kappa shape index (κ2) is 6.40. The summed E-state index contributed by atoms with van der Waals surface area (Å²) in [6, 6.07) is 4.43. The van der Waals surface area contributed by atoms with Crippen LogP contribution in [0.5, 0.6) is 5.75 Å². The van der Waals surface area contributed by atoms with Crippen molar-refractivity contribution in [1.29, 1.82) is 0 Å². The Bertz CT molecular complexity index is 425. The molecule has 0 amide bonds. The molecule has 1 atom stereocenters. The van der Waals surface area contributed by atoms with Crippen molar-refractivity contribution in [2.45, 2.75) is 46.1 Å². The van der Waals surface area contributed by atoms with E-state index < -0.39 is 0 Å². The number of hydrogen-bond acceptors (Lipinski definition) is 3. The molecule has 0 aliphatic heterocycles. The fourth-order valence-electron chi connectivity index (χ4n) is 2.46. The minimum absolute atomic E-state index is 0.0794. The molecule has 1 aromatic carbocycles. The van der Waals surface area contributed by atoms with Crippen LogP contribution in [-0.2, 0) is 5.41 Å². The summed E-state index contributed by atoms with van der Waals surface area (Å²) >= 11 is 0. The maximum Gasteiger partial charge on any atom is 0.122 e. The largest absolute Gasteiger partial charge is 0.496 e. The molecule has 19 heavy (non-hydrogen) atoms. The van der Waals surface area contributed by atoms with Gasteiger partial charge in [-0.25, -0.2) is 0 Å². The molecule has 0 saturated carbocycles. The van der Waals surface area contributed by atoms with E-state index in [1.807, 2.05) is 6.92 Å². The van der Waals surface area contributed by atoms with Gasteiger partial charge < -0.3 is 15.8 Å². The highest BCUT2D eigenvalue weighted by Gasteiger charge is 2.23. The number of nitrogens with one attached hydrogen (secondary N) is 1. The summed E-state index contributed by atoms with van der Waals surface area (Å²) in [7, 11) is 1.72. The van der Waals surface area contributed by atoms with Crippen LogP contribution in [0.4, 0.5) is 0 Å². The van der Waals surface area contributed by atoms with Gasteiger partial charge in [0, 0.05) is 24.5 Å². The first-order valence-corrected chi connectivity index (χ1v) is 6.90. The average Bonchev–Trinajstić information content (AvgIpc) is 2.31.